The fourth-order valence-electron chi connectivity index (χ4n) is 7.09. The highest BCUT2D eigenvalue weighted by molar-refractivity contribution is 5.79. The third-order valence-corrected chi connectivity index (χ3v) is 9.87. The van der Waals surface area contributed by atoms with Gasteiger partial charge in [-0.1, -0.05) is 18.2 Å². The predicted octanol–water partition coefficient (Wildman–Crippen LogP) is 6.64. The summed E-state index contributed by atoms with van der Waals surface area (Å²) >= 11 is 0. The second-order valence-electron chi connectivity index (χ2n) is 13.4. The van der Waals surface area contributed by atoms with Gasteiger partial charge in [-0.3, -0.25) is 14.5 Å². The molecule has 0 saturated heterocycles. The number of pyridine rings is 1. The normalized spacial score (nSPS) is 22.0. The zero-order chi connectivity index (χ0) is 33.3. The Kier molecular flexibility index (Phi) is 11.9. The van der Waals surface area contributed by atoms with Crippen LogP contribution in [0.1, 0.15) is 107 Å². The summed E-state index contributed by atoms with van der Waals surface area (Å²) in [6.07, 6.45) is 10.5. The number of aromatic nitrogens is 3. The zero-order valence-electron chi connectivity index (χ0n) is 28.3. The van der Waals surface area contributed by atoms with E-state index in [4.69, 9.17) is 19.6 Å². The predicted molar refractivity (Wildman–Crippen MR) is 181 cm³/mol. The van der Waals surface area contributed by atoms with Crippen LogP contribution in [0.4, 0.5) is 4.79 Å². The number of carbonyl (C=O) groups excluding carboxylic acids is 2. The van der Waals surface area contributed by atoms with Crippen molar-refractivity contribution < 1.29 is 24.2 Å². The van der Waals surface area contributed by atoms with Crippen LogP contribution in [-0.2, 0) is 9.53 Å². The van der Waals surface area contributed by atoms with Crippen molar-refractivity contribution in [3.63, 3.8) is 0 Å². The van der Waals surface area contributed by atoms with E-state index < -0.39 is 6.09 Å². The van der Waals surface area contributed by atoms with Crippen LogP contribution >= 0.6 is 0 Å². The lowest BCUT2D eigenvalue weighted by Crippen LogP contribution is -2.40. The molecule has 1 unspecified atom stereocenters. The van der Waals surface area contributed by atoms with Gasteiger partial charge in [0.25, 0.3) is 0 Å². The van der Waals surface area contributed by atoms with Gasteiger partial charge in [-0.2, -0.15) is 5.10 Å². The summed E-state index contributed by atoms with van der Waals surface area (Å²) < 4.78 is 13.0. The standard InChI is InChI=1S/C37H51N5O5/c1-24(2)42-23-31(22-39-42)29-7-5-8-30(21-29)35(27-11-9-26(10-12-27)33-17-18-34(46-4)25(3)40-33)41-36(44)28-13-15-32(16-14-28)47-37(45)38-19-6-20-43/h5,7-8,17-18,21-24,26-28,32,35,43H,6,9-16,19-20H2,1-4H3,(H,38,45)(H,41,44). The van der Waals surface area contributed by atoms with E-state index in [0.717, 1.165) is 59.5 Å². The molecule has 2 saturated carbocycles. The molecule has 0 radical (unpaired) electrons. The maximum Gasteiger partial charge on any atom is 0.407 e. The summed E-state index contributed by atoms with van der Waals surface area (Å²) in [7, 11) is 1.68. The van der Waals surface area contributed by atoms with Crippen LogP contribution in [0, 0.1) is 18.8 Å². The highest BCUT2D eigenvalue weighted by atomic mass is 16.6. The lowest BCUT2D eigenvalue weighted by atomic mass is 9.75. The Balaban J connectivity index is 1.28. The van der Waals surface area contributed by atoms with E-state index >= 15 is 0 Å². The van der Waals surface area contributed by atoms with Crippen LogP contribution in [0.25, 0.3) is 11.1 Å². The van der Waals surface area contributed by atoms with Gasteiger partial charge in [-0.05, 0) is 114 Å². The first-order valence-corrected chi connectivity index (χ1v) is 17.3. The SMILES string of the molecule is COc1ccc(C2CCC(C(NC(=O)C3CCC(OC(=O)NCCCO)CC3)c3cccc(-c4cnn(C(C)C)c4)c3)CC2)nc1C. The lowest BCUT2D eigenvalue weighted by molar-refractivity contribution is -0.127. The number of hydrogen-bond acceptors (Lipinski definition) is 7. The Bertz CT molecular complexity index is 1470. The van der Waals surface area contributed by atoms with Crippen molar-refractivity contribution in [3.05, 3.63) is 65.7 Å². The molecule has 1 atom stereocenters. The van der Waals surface area contributed by atoms with Gasteiger partial charge in [0.15, 0.2) is 0 Å². The van der Waals surface area contributed by atoms with E-state index in [1.165, 1.54) is 0 Å². The van der Waals surface area contributed by atoms with Crippen LogP contribution in [0.3, 0.4) is 0 Å². The Morgan fingerprint density at radius 1 is 1.02 bits per heavy atom. The minimum atomic E-state index is -0.458. The van der Waals surface area contributed by atoms with Gasteiger partial charge >= 0.3 is 6.09 Å². The number of methoxy groups -OCH3 is 1. The largest absolute Gasteiger partial charge is 0.495 e. The number of hydrogen-bond donors (Lipinski definition) is 3. The molecule has 3 N–H and O–H groups in total. The molecule has 2 amide bonds. The summed E-state index contributed by atoms with van der Waals surface area (Å²) in [5.74, 6) is 1.45. The highest BCUT2D eigenvalue weighted by Gasteiger charge is 2.34. The summed E-state index contributed by atoms with van der Waals surface area (Å²) in [4.78, 5) is 30.8. The average molecular weight is 646 g/mol. The van der Waals surface area contributed by atoms with Crippen LogP contribution in [0.15, 0.2) is 48.8 Å². The molecule has 5 rings (SSSR count). The Morgan fingerprint density at radius 3 is 2.45 bits per heavy atom. The van der Waals surface area contributed by atoms with E-state index in [1.807, 2.05) is 23.9 Å². The van der Waals surface area contributed by atoms with Crippen LogP contribution in [0.5, 0.6) is 5.75 Å². The molecule has 0 spiro atoms. The van der Waals surface area contributed by atoms with Crippen LogP contribution < -0.4 is 15.4 Å². The van der Waals surface area contributed by atoms with Crippen LogP contribution in [-0.4, -0.2) is 58.2 Å². The van der Waals surface area contributed by atoms with Gasteiger partial charge in [0.2, 0.25) is 5.91 Å². The van der Waals surface area contributed by atoms with E-state index in [1.54, 1.807) is 7.11 Å². The number of benzene rings is 1. The maximum absolute atomic E-state index is 13.9. The van der Waals surface area contributed by atoms with Crippen LogP contribution in [0.2, 0.25) is 0 Å². The Morgan fingerprint density at radius 2 is 1.79 bits per heavy atom. The summed E-state index contributed by atoms with van der Waals surface area (Å²) in [5.41, 5.74) is 5.31. The Hall–Kier alpha value is -3.92. The molecule has 1 aromatic carbocycles. The van der Waals surface area contributed by atoms with Crippen molar-refractivity contribution in [3.8, 4) is 16.9 Å². The number of alkyl carbamates (subject to hydrolysis) is 1. The summed E-state index contributed by atoms with van der Waals surface area (Å²) in [5, 5.41) is 19.7. The quantitative estimate of drug-likeness (QED) is 0.188. The lowest BCUT2D eigenvalue weighted by Gasteiger charge is -2.36. The summed E-state index contributed by atoms with van der Waals surface area (Å²) in [6, 6.07) is 12.8. The number of aryl methyl sites for hydroxylation is 1. The minimum Gasteiger partial charge on any atom is -0.495 e. The van der Waals surface area contributed by atoms with E-state index in [-0.39, 0.29) is 36.6 Å². The number of rotatable bonds is 12. The molecule has 2 aromatic heterocycles. The monoisotopic (exact) mass is 645 g/mol. The fraction of sp³-hybridized carbons (Fsp3) is 0.568. The number of aliphatic hydroxyl groups is 1. The van der Waals surface area contributed by atoms with Crippen molar-refractivity contribution in [1.29, 1.82) is 0 Å². The van der Waals surface area contributed by atoms with Gasteiger partial charge in [0.05, 0.1) is 25.0 Å². The van der Waals surface area contributed by atoms with E-state index in [9.17, 15) is 9.59 Å². The molecule has 2 heterocycles. The molecule has 0 aliphatic heterocycles. The molecule has 0 bridgehead atoms. The molecule has 254 valence electrons. The molecule has 47 heavy (non-hydrogen) atoms. The molecule has 3 aromatic rings. The van der Waals surface area contributed by atoms with Gasteiger partial charge in [-0.15, -0.1) is 0 Å². The molecular formula is C37H51N5O5. The first-order valence-electron chi connectivity index (χ1n) is 17.3. The topological polar surface area (TPSA) is 128 Å². The Labute approximate surface area is 278 Å². The number of carbonyl (C=O) groups is 2. The second-order valence-corrected chi connectivity index (χ2v) is 13.4. The third kappa shape index (κ3) is 8.91. The van der Waals surface area contributed by atoms with Crippen molar-refractivity contribution in [1.82, 2.24) is 25.4 Å². The number of amides is 2. The van der Waals surface area contributed by atoms with E-state index in [0.29, 0.717) is 50.5 Å². The van der Waals surface area contributed by atoms with Crippen molar-refractivity contribution >= 4 is 12.0 Å². The van der Waals surface area contributed by atoms with Gasteiger partial charge in [0, 0.05) is 48.5 Å². The second kappa shape index (κ2) is 16.3. The maximum atomic E-state index is 13.9. The minimum absolute atomic E-state index is 0.0235. The molecule has 2 fully saturated rings. The van der Waals surface area contributed by atoms with Crippen molar-refractivity contribution in [2.45, 2.75) is 103 Å². The van der Waals surface area contributed by atoms with E-state index in [2.05, 4.69) is 66.1 Å². The van der Waals surface area contributed by atoms with Crippen molar-refractivity contribution in [2.24, 2.45) is 11.8 Å². The number of aliphatic hydroxyl groups excluding tert-OH is 1. The third-order valence-electron chi connectivity index (χ3n) is 9.87. The molecular weight excluding hydrogens is 594 g/mol. The van der Waals surface area contributed by atoms with Gasteiger partial charge in [0.1, 0.15) is 11.9 Å². The fourth-order valence-corrected chi connectivity index (χ4v) is 7.09. The zero-order valence-corrected chi connectivity index (χ0v) is 28.3. The summed E-state index contributed by atoms with van der Waals surface area (Å²) in [6.45, 7) is 6.63. The highest BCUT2D eigenvalue weighted by Crippen LogP contribution is 2.42. The number of ether oxygens (including phenoxy) is 2. The first-order chi connectivity index (χ1) is 22.7. The number of nitrogens with one attached hydrogen (secondary N) is 2. The molecule has 2 aliphatic rings. The van der Waals surface area contributed by atoms with Gasteiger partial charge in [-0.25, -0.2) is 4.79 Å². The smallest absolute Gasteiger partial charge is 0.407 e. The molecule has 10 nitrogen and oxygen atoms in total. The van der Waals surface area contributed by atoms with Crippen molar-refractivity contribution in [2.75, 3.05) is 20.3 Å². The molecule has 2 aliphatic carbocycles. The van der Waals surface area contributed by atoms with Gasteiger partial charge < -0.3 is 25.2 Å². The molecule has 10 heteroatoms. The average Bonchev–Trinajstić information content (AvgIpc) is 3.59. The number of nitrogens with zero attached hydrogens (tertiary/aromatic N) is 3. The first kappa shape index (κ1) is 34.4.